The van der Waals surface area contributed by atoms with Crippen molar-refractivity contribution in [1.82, 2.24) is 9.97 Å². The van der Waals surface area contributed by atoms with Crippen molar-refractivity contribution in [3.05, 3.63) is 36.3 Å². The van der Waals surface area contributed by atoms with E-state index >= 15 is 0 Å². The first-order valence-corrected chi connectivity index (χ1v) is 3.71. The van der Waals surface area contributed by atoms with Gasteiger partial charge in [0.25, 0.3) is 0 Å². The minimum absolute atomic E-state index is 0.0196. The summed E-state index contributed by atoms with van der Waals surface area (Å²) in [5, 5.41) is 9.49. The lowest BCUT2D eigenvalue weighted by Crippen LogP contribution is -1.99. The van der Waals surface area contributed by atoms with Gasteiger partial charge >= 0.3 is 5.97 Å². The molecule has 4 heteroatoms. The SMILES string of the molecule is O=C(O)c1cc2ncccc2cn1. The molecule has 2 aromatic rings. The number of hydrogen-bond acceptors (Lipinski definition) is 3. The van der Waals surface area contributed by atoms with E-state index in [0.717, 1.165) is 5.39 Å². The van der Waals surface area contributed by atoms with Crippen LogP contribution >= 0.6 is 0 Å². The van der Waals surface area contributed by atoms with Crippen molar-refractivity contribution in [2.45, 2.75) is 0 Å². The molecule has 0 fully saturated rings. The molecule has 13 heavy (non-hydrogen) atoms. The summed E-state index contributed by atoms with van der Waals surface area (Å²) in [6.07, 6.45) is 3.12. The highest BCUT2D eigenvalue weighted by Gasteiger charge is 2.04. The lowest BCUT2D eigenvalue weighted by Gasteiger charge is -1.96. The fourth-order valence-corrected chi connectivity index (χ4v) is 1.08. The standard InChI is InChI=1S/C9H6N2O2/c12-9(13)8-4-7-6(5-11-8)2-1-3-10-7/h1-5H,(H,12,13). The van der Waals surface area contributed by atoms with Gasteiger partial charge in [0.15, 0.2) is 0 Å². The Morgan fingerprint density at radius 1 is 1.38 bits per heavy atom. The van der Waals surface area contributed by atoms with E-state index in [-0.39, 0.29) is 5.69 Å². The number of carboxylic acids is 1. The van der Waals surface area contributed by atoms with Crippen LogP contribution < -0.4 is 0 Å². The van der Waals surface area contributed by atoms with Crippen LogP contribution in [-0.2, 0) is 0 Å². The van der Waals surface area contributed by atoms with Crippen molar-refractivity contribution in [2.75, 3.05) is 0 Å². The molecule has 0 aliphatic rings. The summed E-state index contributed by atoms with van der Waals surface area (Å²) in [6.45, 7) is 0. The van der Waals surface area contributed by atoms with Crippen LogP contribution in [0.2, 0.25) is 0 Å². The first kappa shape index (κ1) is 7.67. The highest BCUT2D eigenvalue weighted by atomic mass is 16.4. The fraction of sp³-hybridized carbons (Fsp3) is 0. The van der Waals surface area contributed by atoms with E-state index in [1.165, 1.54) is 12.3 Å². The zero-order chi connectivity index (χ0) is 9.26. The van der Waals surface area contributed by atoms with E-state index in [0.29, 0.717) is 5.52 Å². The van der Waals surface area contributed by atoms with Crippen molar-refractivity contribution in [2.24, 2.45) is 0 Å². The van der Waals surface area contributed by atoms with E-state index < -0.39 is 5.97 Å². The third-order valence-corrected chi connectivity index (χ3v) is 1.71. The van der Waals surface area contributed by atoms with Crippen molar-refractivity contribution in [3.8, 4) is 0 Å². The maximum absolute atomic E-state index is 10.6. The van der Waals surface area contributed by atoms with Gasteiger partial charge in [0.2, 0.25) is 0 Å². The van der Waals surface area contributed by atoms with Gasteiger partial charge in [-0.25, -0.2) is 9.78 Å². The van der Waals surface area contributed by atoms with Crippen LogP contribution in [0.5, 0.6) is 0 Å². The Bertz CT molecular complexity index is 468. The van der Waals surface area contributed by atoms with E-state index in [1.54, 1.807) is 12.3 Å². The molecule has 1 N–H and O–H groups in total. The maximum atomic E-state index is 10.6. The van der Waals surface area contributed by atoms with Crippen LogP contribution in [0.1, 0.15) is 10.5 Å². The smallest absolute Gasteiger partial charge is 0.354 e. The van der Waals surface area contributed by atoms with Crippen LogP contribution in [0.15, 0.2) is 30.6 Å². The van der Waals surface area contributed by atoms with Crippen LogP contribution in [0.4, 0.5) is 0 Å². The Balaban J connectivity index is 2.69. The van der Waals surface area contributed by atoms with Crippen molar-refractivity contribution in [3.63, 3.8) is 0 Å². The monoisotopic (exact) mass is 174 g/mol. The Hall–Kier alpha value is -1.97. The molecular weight excluding hydrogens is 168 g/mol. The number of aromatic nitrogens is 2. The quantitative estimate of drug-likeness (QED) is 0.708. The molecule has 64 valence electrons. The van der Waals surface area contributed by atoms with Crippen molar-refractivity contribution >= 4 is 16.9 Å². The molecule has 0 saturated heterocycles. The molecule has 0 unspecified atom stereocenters. The van der Waals surface area contributed by atoms with Gasteiger partial charge in [0.1, 0.15) is 5.69 Å². The van der Waals surface area contributed by atoms with Gasteiger partial charge < -0.3 is 5.11 Å². The average molecular weight is 174 g/mol. The first-order chi connectivity index (χ1) is 6.27. The Labute approximate surface area is 73.9 Å². The molecule has 0 spiro atoms. The highest BCUT2D eigenvalue weighted by molar-refractivity contribution is 5.90. The predicted molar refractivity (Wildman–Crippen MR) is 46.5 cm³/mol. The van der Waals surface area contributed by atoms with E-state index in [2.05, 4.69) is 9.97 Å². The molecule has 0 bridgehead atoms. The lowest BCUT2D eigenvalue weighted by atomic mass is 10.2. The predicted octanol–water partition coefficient (Wildman–Crippen LogP) is 1.33. The zero-order valence-electron chi connectivity index (χ0n) is 6.64. The van der Waals surface area contributed by atoms with Gasteiger partial charge in [0.05, 0.1) is 5.52 Å². The van der Waals surface area contributed by atoms with Gasteiger partial charge in [-0.15, -0.1) is 0 Å². The number of hydrogen-bond donors (Lipinski definition) is 1. The molecule has 4 nitrogen and oxygen atoms in total. The third-order valence-electron chi connectivity index (χ3n) is 1.71. The van der Waals surface area contributed by atoms with Gasteiger partial charge in [-0.3, -0.25) is 4.98 Å². The summed E-state index contributed by atoms with van der Waals surface area (Å²) < 4.78 is 0. The molecular formula is C9H6N2O2. The number of pyridine rings is 2. The first-order valence-electron chi connectivity index (χ1n) is 3.71. The largest absolute Gasteiger partial charge is 0.477 e. The Kier molecular flexibility index (Phi) is 1.66. The number of rotatable bonds is 1. The van der Waals surface area contributed by atoms with Gasteiger partial charge in [-0.05, 0) is 18.2 Å². The number of fused-ring (bicyclic) bond motifs is 1. The second-order valence-corrected chi connectivity index (χ2v) is 2.57. The van der Waals surface area contributed by atoms with Gasteiger partial charge in [0, 0.05) is 17.8 Å². The topological polar surface area (TPSA) is 63.1 Å². The molecule has 0 aliphatic carbocycles. The molecule has 0 aromatic carbocycles. The van der Waals surface area contributed by atoms with E-state index in [4.69, 9.17) is 5.11 Å². The van der Waals surface area contributed by atoms with Gasteiger partial charge in [-0.1, -0.05) is 0 Å². The molecule has 0 amide bonds. The summed E-state index contributed by atoms with van der Waals surface area (Å²) in [6, 6.07) is 5.07. The lowest BCUT2D eigenvalue weighted by molar-refractivity contribution is 0.0690. The molecule has 2 rings (SSSR count). The van der Waals surface area contributed by atoms with Crippen LogP contribution in [0, 0.1) is 0 Å². The summed E-state index contributed by atoms with van der Waals surface area (Å²) in [5.74, 6) is -1.03. The minimum Gasteiger partial charge on any atom is -0.477 e. The minimum atomic E-state index is -1.03. The Morgan fingerprint density at radius 3 is 3.00 bits per heavy atom. The summed E-state index contributed by atoms with van der Waals surface area (Å²) in [4.78, 5) is 18.3. The van der Waals surface area contributed by atoms with Crippen LogP contribution in [0.25, 0.3) is 10.9 Å². The zero-order valence-corrected chi connectivity index (χ0v) is 6.64. The molecule has 0 atom stereocenters. The Morgan fingerprint density at radius 2 is 2.23 bits per heavy atom. The summed E-state index contributed by atoms with van der Waals surface area (Å²) >= 11 is 0. The molecule has 0 saturated carbocycles. The second kappa shape index (κ2) is 2.82. The maximum Gasteiger partial charge on any atom is 0.354 e. The molecule has 2 aromatic heterocycles. The summed E-state index contributed by atoms with van der Waals surface area (Å²) in [5.41, 5.74) is 0.668. The normalized spacial score (nSPS) is 10.2. The van der Waals surface area contributed by atoms with E-state index in [9.17, 15) is 4.79 Å². The van der Waals surface area contributed by atoms with Crippen LogP contribution in [-0.4, -0.2) is 21.0 Å². The fourth-order valence-electron chi connectivity index (χ4n) is 1.08. The number of carboxylic acid groups (broad SMARTS) is 1. The number of nitrogens with zero attached hydrogens (tertiary/aromatic N) is 2. The third kappa shape index (κ3) is 1.33. The average Bonchev–Trinajstić information content (AvgIpc) is 2.17. The van der Waals surface area contributed by atoms with Crippen molar-refractivity contribution < 1.29 is 9.90 Å². The van der Waals surface area contributed by atoms with Crippen molar-refractivity contribution in [1.29, 1.82) is 0 Å². The molecule has 2 heterocycles. The highest BCUT2D eigenvalue weighted by Crippen LogP contribution is 2.09. The van der Waals surface area contributed by atoms with Crippen LogP contribution in [0.3, 0.4) is 0 Å². The number of aromatic carboxylic acids is 1. The molecule has 0 aliphatic heterocycles. The van der Waals surface area contributed by atoms with Gasteiger partial charge in [-0.2, -0.15) is 0 Å². The summed E-state index contributed by atoms with van der Waals surface area (Å²) in [7, 11) is 0. The second-order valence-electron chi connectivity index (χ2n) is 2.57. The number of carbonyl (C=O) groups is 1. The van der Waals surface area contributed by atoms with E-state index in [1.807, 2.05) is 6.07 Å². The molecule has 0 radical (unpaired) electrons.